The van der Waals surface area contributed by atoms with Crippen LogP contribution in [0.2, 0.25) is 0 Å². The lowest BCUT2D eigenvalue weighted by molar-refractivity contribution is -0.384. The predicted octanol–water partition coefficient (Wildman–Crippen LogP) is 3.64. The molecule has 1 aromatic carbocycles. The van der Waals surface area contributed by atoms with Gasteiger partial charge >= 0.3 is 0 Å². The minimum atomic E-state index is -0.443. The van der Waals surface area contributed by atoms with Gasteiger partial charge in [-0.3, -0.25) is 10.1 Å². The van der Waals surface area contributed by atoms with E-state index in [0.29, 0.717) is 39.6 Å². The first-order valence-corrected chi connectivity index (χ1v) is 9.83. The van der Waals surface area contributed by atoms with Gasteiger partial charge in [0.25, 0.3) is 5.69 Å². The smallest absolute Gasteiger partial charge is 0.269 e. The summed E-state index contributed by atoms with van der Waals surface area (Å²) < 4.78 is 6.70. The van der Waals surface area contributed by atoms with Crippen molar-refractivity contribution in [3.05, 3.63) is 64.2 Å². The van der Waals surface area contributed by atoms with Gasteiger partial charge in [-0.1, -0.05) is 6.92 Å². The summed E-state index contributed by atoms with van der Waals surface area (Å²) in [7, 11) is 0. The van der Waals surface area contributed by atoms with Crippen molar-refractivity contribution in [1.82, 2.24) is 24.8 Å². The topological polar surface area (TPSA) is 139 Å². The Morgan fingerprint density at radius 3 is 2.60 bits per heavy atom. The standard InChI is InChI=1S/C19H17N7O3S/c1-3-13-10-16(22-17(21-13)12-4-6-14(7-5-12)26(27)28)30-19-24-23-18(25(19)20)15-8-9-29-11(15)2/h4-10H,3,20H2,1-2H3. The van der Waals surface area contributed by atoms with Crippen molar-refractivity contribution in [2.75, 3.05) is 5.84 Å². The first kappa shape index (κ1) is 19.6. The minimum absolute atomic E-state index is 0.0123. The molecule has 30 heavy (non-hydrogen) atoms. The van der Waals surface area contributed by atoms with Crippen molar-refractivity contribution in [3.63, 3.8) is 0 Å². The van der Waals surface area contributed by atoms with Gasteiger partial charge in [0.15, 0.2) is 11.6 Å². The van der Waals surface area contributed by atoms with Gasteiger partial charge in [0.1, 0.15) is 10.8 Å². The van der Waals surface area contributed by atoms with Crippen LogP contribution in [0, 0.1) is 17.0 Å². The lowest BCUT2D eigenvalue weighted by atomic mass is 10.2. The molecule has 3 heterocycles. The maximum atomic E-state index is 10.9. The molecule has 0 aliphatic rings. The van der Waals surface area contributed by atoms with E-state index in [-0.39, 0.29) is 5.69 Å². The van der Waals surface area contributed by atoms with Crippen LogP contribution in [-0.4, -0.2) is 29.8 Å². The number of nitro benzene ring substituents is 1. The Morgan fingerprint density at radius 2 is 1.97 bits per heavy atom. The van der Waals surface area contributed by atoms with Crippen molar-refractivity contribution >= 4 is 17.4 Å². The normalized spacial score (nSPS) is 11.0. The van der Waals surface area contributed by atoms with Crippen LogP contribution in [0.4, 0.5) is 5.69 Å². The highest BCUT2D eigenvalue weighted by Crippen LogP contribution is 2.30. The molecule has 0 bridgehead atoms. The third kappa shape index (κ3) is 3.74. The summed E-state index contributed by atoms with van der Waals surface area (Å²) in [6.45, 7) is 3.81. The second-order valence-electron chi connectivity index (χ2n) is 6.35. The zero-order valence-corrected chi connectivity index (χ0v) is 17.0. The zero-order chi connectivity index (χ0) is 21.3. The second-order valence-corrected chi connectivity index (χ2v) is 7.33. The number of aryl methyl sites for hydroxylation is 2. The molecule has 0 spiro atoms. The maximum Gasteiger partial charge on any atom is 0.269 e. The van der Waals surface area contributed by atoms with Crippen LogP contribution < -0.4 is 5.84 Å². The molecular formula is C19H17N7O3S. The van der Waals surface area contributed by atoms with Crippen LogP contribution in [0.25, 0.3) is 22.8 Å². The molecule has 0 saturated heterocycles. The van der Waals surface area contributed by atoms with Gasteiger partial charge in [-0.05, 0) is 49.4 Å². The summed E-state index contributed by atoms with van der Waals surface area (Å²) in [5.74, 6) is 7.86. The highest BCUT2D eigenvalue weighted by molar-refractivity contribution is 7.99. The molecular weight excluding hydrogens is 406 g/mol. The fraction of sp³-hybridized carbons (Fsp3) is 0.158. The van der Waals surface area contributed by atoms with Gasteiger partial charge in [0.05, 0.1) is 16.7 Å². The van der Waals surface area contributed by atoms with Crippen LogP contribution in [0.15, 0.2) is 57.3 Å². The van der Waals surface area contributed by atoms with E-state index in [1.807, 2.05) is 19.9 Å². The number of aromatic nitrogens is 5. The molecule has 3 aromatic heterocycles. The quantitative estimate of drug-likeness (QED) is 0.213. The first-order valence-electron chi connectivity index (χ1n) is 9.02. The number of non-ortho nitro benzene ring substituents is 1. The molecule has 4 rings (SSSR count). The Labute approximate surface area is 175 Å². The van der Waals surface area contributed by atoms with Crippen LogP contribution >= 0.6 is 11.8 Å². The fourth-order valence-electron chi connectivity index (χ4n) is 2.81. The average molecular weight is 423 g/mol. The summed E-state index contributed by atoms with van der Waals surface area (Å²) in [4.78, 5) is 19.6. The Morgan fingerprint density at radius 1 is 1.20 bits per heavy atom. The third-order valence-electron chi connectivity index (χ3n) is 4.41. The zero-order valence-electron chi connectivity index (χ0n) is 16.1. The van der Waals surface area contributed by atoms with Crippen molar-refractivity contribution in [2.45, 2.75) is 30.5 Å². The van der Waals surface area contributed by atoms with Crippen LogP contribution in [0.1, 0.15) is 18.4 Å². The van der Waals surface area contributed by atoms with Gasteiger partial charge in [0, 0.05) is 23.4 Å². The molecule has 0 saturated carbocycles. The number of rotatable bonds is 6. The summed E-state index contributed by atoms with van der Waals surface area (Å²) in [5, 5.41) is 20.3. The number of hydrogen-bond donors (Lipinski definition) is 1. The van der Waals surface area contributed by atoms with Crippen LogP contribution in [-0.2, 0) is 6.42 Å². The highest BCUT2D eigenvalue weighted by Gasteiger charge is 2.18. The number of nitrogens with two attached hydrogens (primary N) is 1. The molecule has 0 atom stereocenters. The lowest BCUT2D eigenvalue weighted by Gasteiger charge is -2.07. The summed E-state index contributed by atoms with van der Waals surface area (Å²) in [6, 6.07) is 9.76. The molecule has 0 unspecified atom stereocenters. The molecule has 0 aliphatic heterocycles. The summed E-state index contributed by atoms with van der Waals surface area (Å²) >= 11 is 1.26. The number of nitrogen functional groups attached to an aromatic ring is 1. The number of hydrogen-bond acceptors (Lipinski definition) is 9. The average Bonchev–Trinajstić information content (AvgIpc) is 3.33. The Balaban J connectivity index is 1.67. The molecule has 10 nitrogen and oxygen atoms in total. The number of nitro groups is 1. The van der Waals surface area contributed by atoms with E-state index in [2.05, 4.69) is 20.2 Å². The van der Waals surface area contributed by atoms with Gasteiger partial charge in [0.2, 0.25) is 5.16 Å². The number of furan rings is 1. The molecule has 2 N–H and O–H groups in total. The Bertz CT molecular complexity index is 1220. The molecule has 4 aromatic rings. The molecule has 0 aliphatic carbocycles. The Kier molecular flexibility index (Phi) is 5.19. The van der Waals surface area contributed by atoms with Gasteiger partial charge in [-0.2, -0.15) is 0 Å². The van der Waals surface area contributed by atoms with Crippen molar-refractivity contribution in [1.29, 1.82) is 0 Å². The van der Waals surface area contributed by atoms with Crippen molar-refractivity contribution < 1.29 is 9.34 Å². The predicted molar refractivity (Wildman–Crippen MR) is 110 cm³/mol. The second kappa shape index (κ2) is 7.95. The monoisotopic (exact) mass is 423 g/mol. The highest BCUT2D eigenvalue weighted by atomic mass is 32.2. The Hall–Kier alpha value is -3.73. The minimum Gasteiger partial charge on any atom is -0.469 e. The van der Waals surface area contributed by atoms with E-state index in [1.54, 1.807) is 24.5 Å². The molecule has 11 heteroatoms. The third-order valence-corrected chi connectivity index (χ3v) is 5.29. The molecule has 0 fully saturated rings. The van der Waals surface area contributed by atoms with Crippen LogP contribution in [0.5, 0.6) is 0 Å². The number of benzene rings is 1. The van der Waals surface area contributed by atoms with Crippen LogP contribution in [0.3, 0.4) is 0 Å². The van der Waals surface area contributed by atoms with E-state index in [9.17, 15) is 10.1 Å². The van der Waals surface area contributed by atoms with Crippen molar-refractivity contribution in [3.8, 4) is 22.8 Å². The molecule has 0 radical (unpaired) electrons. The van der Waals surface area contributed by atoms with E-state index >= 15 is 0 Å². The summed E-state index contributed by atoms with van der Waals surface area (Å²) in [6.07, 6.45) is 2.27. The van der Waals surface area contributed by atoms with Gasteiger partial charge in [-0.15, -0.1) is 10.2 Å². The molecule has 0 amide bonds. The van der Waals surface area contributed by atoms with Gasteiger partial charge < -0.3 is 10.3 Å². The van der Waals surface area contributed by atoms with Gasteiger partial charge in [-0.25, -0.2) is 14.6 Å². The van der Waals surface area contributed by atoms with E-state index < -0.39 is 4.92 Å². The lowest BCUT2D eigenvalue weighted by Crippen LogP contribution is -2.11. The fourth-order valence-corrected chi connectivity index (χ4v) is 3.59. The SMILES string of the molecule is CCc1cc(Sc2nnc(-c3ccoc3C)n2N)nc(-c2ccc([N+](=O)[O-])cc2)n1. The van der Waals surface area contributed by atoms with E-state index in [4.69, 9.17) is 10.3 Å². The van der Waals surface area contributed by atoms with E-state index in [0.717, 1.165) is 11.3 Å². The van der Waals surface area contributed by atoms with Crippen molar-refractivity contribution in [2.24, 2.45) is 0 Å². The maximum absolute atomic E-state index is 10.9. The van der Waals surface area contributed by atoms with E-state index in [1.165, 1.54) is 28.6 Å². The summed E-state index contributed by atoms with van der Waals surface area (Å²) in [5.41, 5.74) is 2.29. The first-order chi connectivity index (χ1) is 14.5. The molecule has 152 valence electrons. The number of nitrogens with zero attached hydrogens (tertiary/aromatic N) is 6. The largest absolute Gasteiger partial charge is 0.469 e.